The second kappa shape index (κ2) is 5.79. The molecule has 18 heavy (non-hydrogen) atoms. The first kappa shape index (κ1) is 13.5. The van der Waals surface area contributed by atoms with Gasteiger partial charge in [0.25, 0.3) is 0 Å². The Morgan fingerprint density at radius 2 is 2.00 bits per heavy atom. The van der Waals surface area contributed by atoms with E-state index in [9.17, 15) is 8.78 Å². The minimum absolute atomic E-state index is 0.389. The van der Waals surface area contributed by atoms with Crippen LogP contribution in [0.1, 0.15) is 38.2 Å². The van der Waals surface area contributed by atoms with Crippen LogP contribution in [0.2, 0.25) is 0 Å². The molecule has 0 saturated heterocycles. The summed E-state index contributed by atoms with van der Waals surface area (Å²) in [6, 6.07) is 4.31. The molecule has 0 aromatic heterocycles. The van der Waals surface area contributed by atoms with E-state index in [0.29, 0.717) is 17.8 Å². The lowest BCUT2D eigenvalue weighted by Gasteiger charge is -2.37. The molecule has 2 unspecified atom stereocenters. The van der Waals surface area contributed by atoms with Gasteiger partial charge in [-0.2, -0.15) is 0 Å². The number of rotatable bonds is 5. The summed E-state index contributed by atoms with van der Waals surface area (Å²) < 4.78 is 26.1. The van der Waals surface area contributed by atoms with E-state index >= 15 is 0 Å². The van der Waals surface area contributed by atoms with E-state index in [1.54, 1.807) is 6.07 Å². The average molecular weight is 253 g/mol. The molecule has 0 aliphatic heterocycles. The normalized spacial score (nSPS) is 23.2. The molecule has 100 valence electrons. The summed E-state index contributed by atoms with van der Waals surface area (Å²) in [4.78, 5) is 0. The fourth-order valence-electron chi connectivity index (χ4n) is 2.55. The van der Waals surface area contributed by atoms with Gasteiger partial charge in [0.15, 0.2) is 11.6 Å². The van der Waals surface area contributed by atoms with E-state index in [0.717, 1.165) is 25.1 Å². The Morgan fingerprint density at radius 3 is 2.56 bits per heavy atom. The Bertz CT molecular complexity index is 403. The molecule has 2 rings (SSSR count). The Labute approximate surface area is 108 Å². The summed E-state index contributed by atoms with van der Waals surface area (Å²) >= 11 is 0. The van der Waals surface area contributed by atoms with E-state index in [2.05, 4.69) is 19.2 Å². The molecule has 0 radical (unpaired) electrons. The molecule has 1 aromatic rings. The molecular weight excluding hydrogens is 232 g/mol. The van der Waals surface area contributed by atoms with Crippen molar-refractivity contribution in [2.75, 3.05) is 13.1 Å². The summed E-state index contributed by atoms with van der Waals surface area (Å²) in [5.41, 5.74) is 0.941. The van der Waals surface area contributed by atoms with Gasteiger partial charge in [0.1, 0.15) is 0 Å². The zero-order valence-electron chi connectivity index (χ0n) is 11.0. The summed E-state index contributed by atoms with van der Waals surface area (Å²) in [6.07, 6.45) is 2.26. The second-order valence-electron chi connectivity index (χ2n) is 5.67. The molecular formula is C15H21F2N. The van der Waals surface area contributed by atoms with E-state index in [4.69, 9.17) is 0 Å². The van der Waals surface area contributed by atoms with Gasteiger partial charge in [-0.3, -0.25) is 0 Å². The van der Waals surface area contributed by atoms with Crippen molar-refractivity contribution in [1.82, 2.24) is 5.32 Å². The summed E-state index contributed by atoms with van der Waals surface area (Å²) in [6.45, 7) is 6.35. The lowest BCUT2D eigenvalue weighted by atomic mass is 9.70. The molecule has 0 bridgehead atoms. The van der Waals surface area contributed by atoms with Gasteiger partial charge in [-0.1, -0.05) is 19.9 Å². The first-order chi connectivity index (χ1) is 8.58. The predicted molar refractivity (Wildman–Crippen MR) is 69.5 cm³/mol. The monoisotopic (exact) mass is 253 g/mol. The number of benzene rings is 1. The van der Waals surface area contributed by atoms with Gasteiger partial charge in [-0.25, -0.2) is 8.78 Å². The highest BCUT2D eigenvalue weighted by molar-refractivity contribution is 5.24. The SMILES string of the molecule is CC(C)CNCC1CCC1c1ccc(F)c(F)c1. The van der Waals surface area contributed by atoms with Crippen molar-refractivity contribution in [3.05, 3.63) is 35.4 Å². The lowest BCUT2D eigenvalue weighted by molar-refractivity contribution is 0.242. The zero-order chi connectivity index (χ0) is 13.1. The highest BCUT2D eigenvalue weighted by Gasteiger charge is 2.32. The molecule has 1 saturated carbocycles. The molecule has 1 aromatic carbocycles. The summed E-state index contributed by atoms with van der Waals surface area (Å²) in [5.74, 6) is 0.112. The minimum atomic E-state index is -0.757. The number of hydrogen-bond donors (Lipinski definition) is 1. The molecule has 0 amide bonds. The molecule has 1 N–H and O–H groups in total. The van der Waals surface area contributed by atoms with E-state index in [1.165, 1.54) is 18.6 Å². The molecule has 0 heterocycles. The number of hydrogen-bond acceptors (Lipinski definition) is 1. The molecule has 1 nitrogen and oxygen atoms in total. The predicted octanol–water partition coefficient (Wildman–Crippen LogP) is 3.70. The van der Waals surface area contributed by atoms with Gasteiger partial charge < -0.3 is 5.32 Å². The van der Waals surface area contributed by atoms with Crippen LogP contribution in [-0.4, -0.2) is 13.1 Å². The Balaban J connectivity index is 1.91. The minimum Gasteiger partial charge on any atom is -0.316 e. The topological polar surface area (TPSA) is 12.0 Å². The fourth-order valence-corrected chi connectivity index (χ4v) is 2.55. The second-order valence-corrected chi connectivity index (χ2v) is 5.67. The van der Waals surface area contributed by atoms with Crippen LogP contribution in [0.15, 0.2) is 18.2 Å². The smallest absolute Gasteiger partial charge is 0.159 e. The van der Waals surface area contributed by atoms with Crippen molar-refractivity contribution in [3.8, 4) is 0 Å². The highest BCUT2D eigenvalue weighted by atomic mass is 19.2. The van der Waals surface area contributed by atoms with Gasteiger partial charge >= 0.3 is 0 Å². The van der Waals surface area contributed by atoms with E-state index in [1.807, 2.05) is 0 Å². The van der Waals surface area contributed by atoms with Crippen LogP contribution in [-0.2, 0) is 0 Å². The first-order valence-corrected chi connectivity index (χ1v) is 6.73. The standard InChI is InChI=1S/C15H21F2N/c1-10(2)8-18-9-12-3-5-13(12)11-4-6-14(16)15(17)7-11/h4,6-7,10,12-13,18H,3,5,8-9H2,1-2H3. The number of halogens is 2. The van der Waals surface area contributed by atoms with Crippen LogP contribution >= 0.6 is 0 Å². The Hall–Kier alpha value is -0.960. The van der Waals surface area contributed by atoms with Crippen LogP contribution in [0, 0.1) is 23.5 Å². The van der Waals surface area contributed by atoms with Crippen molar-refractivity contribution in [1.29, 1.82) is 0 Å². The molecule has 0 spiro atoms. The Kier molecular flexibility index (Phi) is 4.33. The van der Waals surface area contributed by atoms with Crippen molar-refractivity contribution in [3.63, 3.8) is 0 Å². The average Bonchev–Trinajstić information content (AvgIpc) is 2.27. The van der Waals surface area contributed by atoms with Crippen molar-refractivity contribution in [2.45, 2.75) is 32.6 Å². The summed E-state index contributed by atoms with van der Waals surface area (Å²) in [7, 11) is 0. The highest BCUT2D eigenvalue weighted by Crippen LogP contribution is 2.42. The summed E-state index contributed by atoms with van der Waals surface area (Å²) in [5, 5.41) is 3.44. The van der Waals surface area contributed by atoms with Crippen LogP contribution in [0.4, 0.5) is 8.78 Å². The molecule has 1 aliphatic rings. The van der Waals surface area contributed by atoms with Gasteiger partial charge in [-0.05, 0) is 61.4 Å². The molecule has 1 aliphatic carbocycles. The third-order valence-electron chi connectivity index (χ3n) is 3.75. The molecule has 3 heteroatoms. The first-order valence-electron chi connectivity index (χ1n) is 6.73. The van der Waals surface area contributed by atoms with Crippen LogP contribution in [0.5, 0.6) is 0 Å². The van der Waals surface area contributed by atoms with Crippen LogP contribution in [0.3, 0.4) is 0 Å². The van der Waals surface area contributed by atoms with E-state index < -0.39 is 11.6 Å². The largest absolute Gasteiger partial charge is 0.316 e. The van der Waals surface area contributed by atoms with Crippen molar-refractivity contribution >= 4 is 0 Å². The van der Waals surface area contributed by atoms with E-state index in [-0.39, 0.29) is 0 Å². The van der Waals surface area contributed by atoms with Gasteiger partial charge in [0, 0.05) is 0 Å². The maximum absolute atomic E-state index is 13.2. The van der Waals surface area contributed by atoms with Gasteiger partial charge in [-0.15, -0.1) is 0 Å². The quantitative estimate of drug-likeness (QED) is 0.843. The van der Waals surface area contributed by atoms with Crippen molar-refractivity contribution in [2.24, 2.45) is 11.8 Å². The third-order valence-corrected chi connectivity index (χ3v) is 3.75. The zero-order valence-corrected chi connectivity index (χ0v) is 11.0. The van der Waals surface area contributed by atoms with Gasteiger partial charge in [0.05, 0.1) is 0 Å². The van der Waals surface area contributed by atoms with Crippen LogP contribution < -0.4 is 5.32 Å². The number of nitrogens with one attached hydrogen (secondary N) is 1. The lowest BCUT2D eigenvalue weighted by Crippen LogP contribution is -2.35. The molecule has 1 fully saturated rings. The van der Waals surface area contributed by atoms with Crippen molar-refractivity contribution < 1.29 is 8.78 Å². The maximum Gasteiger partial charge on any atom is 0.159 e. The molecule has 2 atom stereocenters. The van der Waals surface area contributed by atoms with Crippen LogP contribution in [0.25, 0.3) is 0 Å². The fraction of sp³-hybridized carbons (Fsp3) is 0.600. The van der Waals surface area contributed by atoms with Gasteiger partial charge in [0.2, 0.25) is 0 Å². The third kappa shape index (κ3) is 3.08. The Morgan fingerprint density at radius 1 is 1.22 bits per heavy atom. The maximum atomic E-state index is 13.2.